The number of sulfone groups is 1. The summed E-state index contributed by atoms with van der Waals surface area (Å²) in [7, 11) is -6.87. The number of sulfonamides is 1. The summed E-state index contributed by atoms with van der Waals surface area (Å²) in [5.41, 5.74) is 1.84. The second kappa shape index (κ2) is 9.62. The first-order chi connectivity index (χ1) is 16.1. The highest BCUT2D eigenvalue weighted by Gasteiger charge is 2.22. The number of nitrogens with zero attached hydrogens (tertiary/aromatic N) is 3. The van der Waals surface area contributed by atoms with Crippen molar-refractivity contribution in [2.24, 2.45) is 5.14 Å². The van der Waals surface area contributed by atoms with Gasteiger partial charge in [-0.2, -0.15) is 4.98 Å². The van der Waals surface area contributed by atoms with Crippen LogP contribution in [0.15, 0.2) is 59.6 Å². The molecule has 2 aromatic carbocycles. The zero-order valence-electron chi connectivity index (χ0n) is 18.0. The number of rotatable bonds is 7. The highest BCUT2D eigenvalue weighted by atomic mass is 32.2. The molecular weight excluding hydrogens is 483 g/mol. The first kappa shape index (κ1) is 24.0. The molecule has 1 aliphatic heterocycles. The smallest absolute Gasteiger partial charge is 0.238 e. The molecular formula is C21H23FN6O4S2. The molecule has 34 heavy (non-hydrogen) atoms. The van der Waals surface area contributed by atoms with Crippen LogP contribution < -0.4 is 15.8 Å². The van der Waals surface area contributed by atoms with Gasteiger partial charge in [-0.3, -0.25) is 4.90 Å². The first-order valence-corrected chi connectivity index (χ1v) is 13.7. The van der Waals surface area contributed by atoms with E-state index in [0.29, 0.717) is 31.0 Å². The summed E-state index contributed by atoms with van der Waals surface area (Å²) >= 11 is 0. The Hall–Kier alpha value is -3.13. The van der Waals surface area contributed by atoms with Crippen molar-refractivity contribution in [1.82, 2.24) is 14.9 Å². The largest absolute Gasteiger partial charge is 0.337 e. The molecule has 0 radical (unpaired) electrons. The molecule has 0 saturated carbocycles. The Bertz CT molecular complexity index is 1400. The molecule has 0 unspecified atom stereocenters. The Morgan fingerprint density at radius 1 is 1.06 bits per heavy atom. The lowest BCUT2D eigenvalue weighted by molar-refractivity contribution is 0.288. The molecule has 1 aliphatic rings. The lowest BCUT2D eigenvalue weighted by Crippen LogP contribution is -2.39. The predicted octanol–water partition coefficient (Wildman–Crippen LogP) is 1.98. The van der Waals surface area contributed by atoms with Gasteiger partial charge in [0.1, 0.15) is 0 Å². The number of anilines is 4. The molecule has 1 fully saturated rings. The van der Waals surface area contributed by atoms with Gasteiger partial charge in [-0.05, 0) is 29.8 Å². The van der Waals surface area contributed by atoms with Crippen LogP contribution in [0.1, 0.15) is 5.56 Å². The zero-order chi connectivity index (χ0) is 24.3. The fourth-order valence-electron chi connectivity index (χ4n) is 3.45. The summed E-state index contributed by atoms with van der Waals surface area (Å²) in [6.07, 6.45) is 0.999. The number of nitrogens with two attached hydrogens (primary N) is 1. The minimum Gasteiger partial charge on any atom is -0.337 e. The molecule has 4 rings (SSSR count). The molecule has 0 atom stereocenters. The summed E-state index contributed by atoms with van der Waals surface area (Å²) in [6, 6.07) is 13.1. The Labute approximate surface area is 197 Å². The molecule has 1 saturated heterocycles. The Balaban J connectivity index is 1.53. The van der Waals surface area contributed by atoms with E-state index in [1.54, 1.807) is 18.2 Å². The van der Waals surface area contributed by atoms with Gasteiger partial charge in [0.05, 0.1) is 22.6 Å². The van der Waals surface area contributed by atoms with E-state index in [4.69, 9.17) is 5.14 Å². The number of nitrogens with one attached hydrogen (secondary N) is 2. The number of para-hydroxylation sites is 1. The summed E-state index contributed by atoms with van der Waals surface area (Å²) < 4.78 is 61.0. The number of hydrogen-bond acceptors (Lipinski definition) is 9. The highest BCUT2D eigenvalue weighted by Crippen LogP contribution is 2.25. The number of hydrogen-bond donors (Lipinski definition) is 3. The molecule has 0 spiro atoms. The van der Waals surface area contributed by atoms with Gasteiger partial charge in [-0.1, -0.05) is 24.3 Å². The molecule has 0 aliphatic carbocycles. The third-order valence-corrected chi connectivity index (χ3v) is 7.78. The average Bonchev–Trinajstić information content (AvgIpc) is 2.78. The van der Waals surface area contributed by atoms with Gasteiger partial charge in [-0.15, -0.1) is 0 Å². The van der Waals surface area contributed by atoms with Crippen LogP contribution >= 0.6 is 0 Å². The van der Waals surface area contributed by atoms with Crippen molar-refractivity contribution in [2.45, 2.75) is 11.4 Å². The van der Waals surface area contributed by atoms with Crippen LogP contribution in [-0.2, 0) is 26.4 Å². The van der Waals surface area contributed by atoms with E-state index < -0.39 is 25.7 Å². The van der Waals surface area contributed by atoms with Crippen molar-refractivity contribution in [3.05, 3.63) is 66.1 Å². The number of primary sulfonamides is 1. The van der Waals surface area contributed by atoms with E-state index in [0.717, 1.165) is 11.8 Å². The van der Waals surface area contributed by atoms with Gasteiger partial charge in [-0.25, -0.2) is 31.3 Å². The predicted molar refractivity (Wildman–Crippen MR) is 127 cm³/mol. The normalized spacial score (nSPS) is 16.2. The zero-order valence-corrected chi connectivity index (χ0v) is 19.6. The lowest BCUT2D eigenvalue weighted by Gasteiger charge is -2.27. The van der Waals surface area contributed by atoms with Crippen LogP contribution in [0.25, 0.3) is 0 Å². The standard InChI is InChI=1S/C21H23FN6O4S2/c22-18-13-24-21(25-16-5-3-6-17(12-16)34(23,31)32)27-20(18)26-19-7-2-1-4-15(19)14-28-8-10-33(29,30)11-9-28/h1-7,12-13H,8-11,14H2,(H2,23,31,32)(H2,24,25,26,27). The van der Waals surface area contributed by atoms with E-state index in [-0.39, 0.29) is 28.2 Å². The van der Waals surface area contributed by atoms with Gasteiger partial charge < -0.3 is 10.6 Å². The minimum absolute atomic E-state index is 0.0502. The fraction of sp³-hybridized carbons (Fsp3) is 0.238. The van der Waals surface area contributed by atoms with Gasteiger partial charge in [0.15, 0.2) is 21.5 Å². The van der Waals surface area contributed by atoms with Crippen molar-refractivity contribution >= 4 is 43.0 Å². The SMILES string of the molecule is NS(=O)(=O)c1cccc(Nc2ncc(F)c(Nc3ccccc3CN3CCS(=O)(=O)CC3)n2)c1. The van der Waals surface area contributed by atoms with Crippen molar-refractivity contribution in [3.63, 3.8) is 0 Å². The first-order valence-electron chi connectivity index (χ1n) is 10.3. The average molecular weight is 507 g/mol. The maximum absolute atomic E-state index is 14.5. The van der Waals surface area contributed by atoms with Gasteiger partial charge >= 0.3 is 0 Å². The van der Waals surface area contributed by atoms with Crippen molar-refractivity contribution in [1.29, 1.82) is 0 Å². The van der Waals surface area contributed by atoms with E-state index >= 15 is 0 Å². The quantitative estimate of drug-likeness (QED) is 0.437. The number of aromatic nitrogens is 2. The lowest BCUT2D eigenvalue weighted by atomic mass is 10.1. The van der Waals surface area contributed by atoms with E-state index in [1.807, 2.05) is 17.0 Å². The van der Waals surface area contributed by atoms with Crippen molar-refractivity contribution in [3.8, 4) is 0 Å². The Kier molecular flexibility index (Phi) is 6.79. The molecule has 10 nitrogen and oxygen atoms in total. The summed E-state index contributed by atoms with van der Waals surface area (Å²) in [5.74, 6) is -0.471. The molecule has 13 heteroatoms. The number of halogens is 1. The Morgan fingerprint density at radius 3 is 2.53 bits per heavy atom. The van der Waals surface area contributed by atoms with Crippen LogP contribution in [0.3, 0.4) is 0 Å². The summed E-state index contributed by atoms with van der Waals surface area (Å²) in [4.78, 5) is 10.0. The summed E-state index contributed by atoms with van der Waals surface area (Å²) in [5, 5.41) is 11.0. The van der Waals surface area contributed by atoms with E-state index in [1.165, 1.54) is 18.2 Å². The monoisotopic (exact) mass is 506 g/mol. The minimum atomic E-state index is -3.89. The third kappa shape index (κ3) is 6.05. The molecule has 180 valence electrons. The van der Waals surface area contributed by atoms with Crippen molar-refractivity contribution < 1.29 is 21.2 Å². The highest BCUT2D eigenvalue weighted by molar-refractivity contribution is 7.91. The molecule has 0 bridgehead atoms. The van der Waals surface area contributed by atoms with Crippen LogP contribution in [0, 0.1) is 5.82 Å². The van der Waals surface area contributed by atoms with E-state index in [9.17, 15) is 21.2 Å². The third-order valence-electron chi connectivity index (χ3n) is 5.26. The van der Waals surface area contributed by atoms with Crippen LogP contribution in [0.5, 0.6) is 0 Å². The maximum atomic E-state index is 14.5. The molecule has 0 amide bonds. The van der Waals surface area contributed by atoms with E-state index in [2.05, 4.69) is 20.6 Å². The maximum Gasteiger partial charge on any atom is 0.238 e. The van der Waals surface area contributed by atoms with Crippen LogP contribution in [0.4, 0.5) is 27.5 Å². The second-order valence-electron chi connectivity index (χ2n) is 7.80. The molecule has 4 N–H and O–H groups in total. The number of benzene rings is 2. The summed E-state index contributed by atoms with van der Waals surface area (Å²) in [6.45, 7) is 1.37. The van der Waals surface area contributed by atoms with Gasteiger partial charge in [0.25, 0.3) is 0 Å². The van der Waals surface area contributed by atoms with Gasteiger partial charge in [0.2, 0.25) is 16.0 Å². The Morgan fingerprint density at radius 2 is 1.79 bits per heavy atom. The molecule has 3 aromatic rings. The van der Waals surface area contributed by atoms with Crippen LogP contribution in [-0.4, -0.2) is 56.3 Å². The molecule has 1 aromatic heterocycles. The molecule has 2 heterocycles. The topological polar surface area (TPSA) is 147 Å². The fourth-order valence-corrected chi connectivity index (χ4v) is 5.29. The van der Waals surface area contributed by atoms with Gasteiger partial charge in [0, 0.05) is 31.0 Å². The van der Waals surface area contributed by atoms with Crippen LogP contribution in [0.2, 0.25) is 0 Å². The van der Waals surface area contributed by atoms with Crippen molar-refractivity contribution in [2.75, 3.05) is 35.2 Å². The second-order valence-corrected chi connectivity index (χ2v) is 11.7.